The number of fused-ring (bicyclic) bond motifs is 3. The molecule has 7 nitrogen and oxygen atoms in total. The van der Waals surface area contributed by atoms with Crippen molar-refractivity contribution >= 4 is 22.8 Å². The number of aliphatic hydroxyl groups excluding tert-OH is 1. The largest absolute Gasteiger partial charge is 0.463 e. The molecule has 30 heavy (non-hydrogen) atoms. The predicted molar refractivity (Wildman–Crippen MR) is 114 cm³/mol. The van der Waals surface area contributed by atoms with Crippen LogP contribution in [-0.4, -0.2) is 59.1 Å². The quantitative estimate of drug-likeness (QED) is 0.647. The van der Waals surface area contributed by atoms with Gasteiger partial charge in [-0.3, -0.25) is 14.5 Å². The zero-order valence-electron chi connectivity index (χ0n) is 17.7. The van der Waals surface area contributed by atoms with Crippen LogP contribution in [0.3, 0.4) is 0 Å². The first-order valence-corrected chi connectivity index (χ1v) is 10.8. The van der Waals surface area contributed by atoms with Gasteiger partial charge in [0.25, 0.3) is 5.91 Å². The van der Waals surface area contributed by atoms with Gasteiger partial charge in [0.2, 0.25) is 5.91 Å². The van der Waals surface area contributed by atoms with Gasteiger partial charge in [-0.2, -0.15) is 0 Å². The Morgan fingerprint density at radius 1 is 1.20 bits per heavy atom. The topological polar surface area (TPSA) is 94.8 Å². The molecule has 2 aliphatic rings. The monoisotopic (exact) mass is 413 g/mol. The number of furan rings is 1. The van der Waals surface area contributed by atoms with Crippen LogP contribution in [0.1, 0.15) is 49.9 Å². The summed E-state index contributed by atoms with van der Waals surface area (Å²) in [5.41, 5.74) is 0.696. The molecule has 0 unspecified atom stereocenters. The highest BCUT2D eigenvalue weighted by atomic mass is 16.3. The first-order chi connectivity index (χ1) is 14.4. The van der Waals surface area contributed by atoms with Gasteiger partial charge in [0.05, 0.1) is 24.3 Å². The normalized spacial score (nSPS) is 24.2. The number of benzene rings is 1. The van der Waals surface area contributed by atoms with Crippen LogP contribution in [-0.2, 0) is 4.79 Å². The van der Waals surface area contributed by atoms with Crippen molar-refractivity contribution in [3.63, 3.8) is 0 Å². The van der Waals surface area contributed by atoms with Crippen LogP contribution in [0.5, 0.6) is 0 Å². The molecule has 0 radical (unpaired) electrons. The molecule has 2 saturated heterocycles. The van der Waals surface area contributed by atoms with Gasteiger partial charge in [-0.1, -0.05) is 18.2 Å². The average Bonchev–Trinajstić information content (AvgIpc) is 3.23. The second kappa shape index (κ2) is 8.40. The maximum absolute atomic E-state index is 12.7. The Morgan fingerprint density at radius 3 is 2.60 bits per heavy atom. The van der Waals surface area contributed by atoms with Gasteiger partial charge in [-0.15, -0.1) is 0 Å². The number of para-hydroxylation sites is 1. The molecule has 7 heteroatoms. The lowest BCUT2D eigenvalue weighted by Crippen LogP contribution is -2.53. The van der Waals surface area contributed by atoms with Crippen LogP contribution in [0, 0.1) is 5.92 Å². The van der Waals surface area contributed by atoms with Gasteiger partial charge in [-0.05, 0) is 51.5 Å². The van der Waals surface area contributed by atoms with Crippen molar-refractivity contribution in [2.75, 3.05) is 19.7 Å². The van der Waals surface area contributed by atoms with Crippen LogP contribution in [0.4, 0.5) is 0 Å². The lowest BCUT2D eigenvalue weighted by atomic mass is 9.90. The maximum Gasteiger partial charge on any atom is 0.255 e. The first kappa shape index (κ1) is 20.9. The molecule has 3 atom stereocenters. The van der Waals surface area contributed by atoms with Gasteiger partial charge in [-0.25, -0.2) is 0 Å². The van der Waals surface area contributed by atoms with E-state index in [-0.39, 0.29) is 18.4 Å². The van der Waals surface area contributed by atoms with E-state index in [2.05, 4.69) is 15.5 Å². The molecule has 0 aliphatic carbocycles. The molecule has 4 rings (SSSR count). The Bertz CT molecular complexity index is 908. The van der Waals surface area contributed by atoms with Crippen LogP contribution in [0.25, 0.3) is 11.0 Å². The van der Waals surface area contributed by atoms with E-state index in [1.165, 1.54) is 6.26 Å². The molecule has 1 aromatic carbocycles. The highest BCUT2D eigenvalue weighted by molar-refractivity contribution is 6.05. The number of nitrogens with zero attached hydrogens (tertiary/aromatic N) is 1. The molecule has 2 aromatic rings. The molecule has 162 valence electrons. The molecule has 2 bridgehead atoms. The van der Waals surface area contributed by atoms with Crippen molar-refractivity contribution in [2.45, 2.75) is 57.2 Å². The van der Waals surface area contributed by atoms with E-state index in [0.29, 0.717) is 36.7 Å². The van der Waals surface area contributed by atoms with E-state index in [0.717, 1.165) is 36.7 Å². The fourth-order valence-corrected chi connectivity index (χ4v) is 4.92. The Hall–Kier alpha value is -2.38. The first-order valence-electron chi connectivity index (χ1n) is 10.8. The molecule has 3 N–H and O–H groups in total. The number of hydrogen-bond acceptors (Lipinski definition) is 5. The molecule has 2 aliphatic heterocycles. The molecule has 0 saturated carbocycles. The molecule has 2 fully saturated rings. The Labute approximate surface area is 176 Å². The highest BCUT2D eigenvalue weighted by Gasteiger charge is 2.41. The number of nitrogens with one attached hydrogen (secondary N) is 2. The summed E-state index contributed by atoms with van der Waals surface area (Å²) in [5.74, 6) is 0.280. The number of piperidine rings is 1. The van der Waals surface area contributed by atoms with E-state index >= 15 is 0 Å². The average molecular weight is 414 g/mol. The van der Waals surface area contributed by atoms with Crippen molar-refractivity contribution in [3.05, 3.63) is 36.1 Å². The second-order valence-electron chi connectivity index (χ2n) is 9.34. The minimum absolute atomic E-state index is 0.0375. The third-order valence-electron chi connectivity index (χ3n) is 6.46. The summed E-state index contributed by atoms with van der Waals surface area (Å²) in [7, 11) is 0. The van der Waals surface area contributed by atoms with Crippen LogP contribution in [0.15, 0.2) is 34.9 Å². The van der Waals surface area contributed by atoms with Crippen molar-refractivity contribution in [2.24, 2.45) is 5.92 Å². The summed E-state index contributed by atoms with van der Waals surface area (Å²) >= 11 is 0. The number of hydrogen-bond donors (Lipinski definition) is 3. The molecular formula is C23H31N3O4. The van der Waals surface area contributed by atoms with Crippen LogP contribution in [0.2, 0.25) is 0 Å². The van der Waals surface area contributed by atoms with Crippen molar-refractivity contribution in [3.8, 4) is 0 Å². The maximum atomic E-state index is 12.7. The minimum Gasteiger partial charge on any atom is -0.463 e. The highest BCUT2D eigenvalue weighted by Crippen LogP contribution is 2.38. The van der Waals surface area contributed by atoms with Gasteiger partial charge < -0.3 is 20.2 Å². The lowest BCUT2D eigenvalue weighted by Gasteiger charge is -2.39. The van der Waals surface area contributed by atoms with Crippen molar-refractivity contribution < 1.29 is 19.1 Å². The van der Waals surface area contributed by atoms with Gasteiger partial charge in [0.15, 0.2) is 0 Å². The van der Waals surface area contributed by atoms with E-state index in [1.807, 2.05) is 38.1 Å². The number of carbonyl (C=O) groups is 2. The molecule has 2 amide bonds. The number of rotatable bonds is 7. The zero-order chi connectivity index (χ0) is 21.3. The number of aliphatic hydroxyl groups is 1. The second-order valence-corrected chi connectivity index (χ2v) is 9.34. The predicted octanol–water partition coefficient (Wildman–Crippen LogP) is 2.29. The summed E-state index contributed by atoms with van der Waals surface area (Å²) < 4.78 is 5.48. The molecular weight excluding hydrogens is 382 g/mol. The van der Waals surface area contributed by atoms with E-state index in [4.69, 9.17) is 4.42 Å². The van der Waals surface area contributed by atoms with E-state index in [9.17, 15) is 14.7 Å². The van der Waals surface area contributed by atoms with Gasteiger partial charge in [0, 0.05) is 24.0 Å². The minimum atomic E-state index is -0.601. The number of amides is 2. The SMILES string of the molecule is CC(C)(CO)NC(=O)CN1[C@@H]2CC[C@H]1C[C@H](CNC(=O)c1coc3ccccc13)C2. The molecule has 0 spiro atoms. The smallest absolute Gasteiger partial charge is 0.255 e. The Balaban J connectivity index is 1.30. The van der Waals surface area contributed by atoms with E-state index in [1.54, 1.807) is 0 Å². The summed E-state index contributed by atoms with van der Waals surface area (Å²) in [6, 6.07) is 8.31. The van der Waals surface area contributed by atoms with Crippen LogP contribution < -0.4 is 10.6 Å². The lowest BCUT2D eigenvalue weighted by molar-refractivity contribution is -0.125. The fourth-order valence-electron chi connectivity index (χ4n) is 4.92. The summed E-state index contributed by atoms with van der Waals surface area (Å²) in [4.78, 5) is 27.4. The van der Waals surface area contributed by atoms with Crippen molar-refractivity contribution in [1.82, 2.24) is 15.5 Å². The summed E-state index contributed by atoms with van der Waals surface area (Å²) in [5, 5.41) is 16.2. The fraction of sp³-hybridized carbons (Fsp3) is 0.565. The number of carbonyl (C=O) groups excluding carboxylic acids is 2. The summed E-state index contributed by atoms with van der Waals surface area (Å²) in [6.07, 6.45) is 5.69. The third kappa shape index (κ3) is 4.37. The van der Waals surface area contributed by atoms with Crippen molar-refractivity contribution in [1.29, 1.82) is 0 Å². The van der Waals surface area contributed by atoms with E-state index < -0.39 is 5.54 Å². The Kier molecular flexibility index (Phi) is 5.84. The standard InChI is InChI=1S/C23H31N3O4/c1-23(2,14-27)25-21(28)12-26-16-7-8-17(26)10-15(9-16)11-24-22(29)19-13-30-20-6-4-3-5-18(19)20/h3-6,13,15-17,27H,7-12,14H2,1-2H3,(H,24,29)(H,25,28)/t15-,16-,17+. The molecule has 1 aromatic heterocycles. The van der Waals surface area contributed by atoms with Gasteiger partial charge >= 0.3 is 0 Å². The van der Waals surface area contributed by atoms with Crippen LogP contribution >= 0.6 is 0 Å². The third-order valence-corrected chi connectivity index (χ3v) is 6.46. The summed E-state index contributed by atoms with van der Waals surface area (Å²) in [6.45, 7) is 4.57. The molecule has 3 heterocycles. The van der Waals surface area contributed by atoms with Gasteiger partial charge in [0.1, 0.15) is 11.8 Å². The Morgan fingerprint density at radius 2 is 1.90 bits per heavy atom. The zero-order valence-corrected chi connectivity index (χ0v) is 17.7.